The van der Waals surface area contributed by atoms with Gasteiger partial charge in [0.25, 0.3) is 0 Å². The van der Waals surface area contributed by atoms with Crippen molar-refractivity contribution >= 4 is 6.29 Å². The molecule has 0 aliphatic carbocycles. The first-order valence-electron chi connectivity index (χ1n) is 5.52. The molecule has 0 saturated carbocycles. The van der Waals surface area contributed by atoms with E-state index in [0.717, 1.165) is 12.4 Å². The molecule has 1 aromatic carbocycles. The fourth-order valence-corrected chi connectivity index (χ4v) is 1.85. The normalized spacial score (nSPS) is 11.6. The van der Waals surface area contributed by atoms with Gasteiger partial charge in [0.15, 0.2) is 0 Å². The molecule has 0 bridgehead atoms. The highest BCUT2D eigenvalue weighted by molar-refractivity contribution is 5.80. The number of halogens is 3. The molecule has 6 heteroatoms. The molecule has 2 aromatic rings. The number of nitrogens with one attached hydrogen (secondary N) is 1. The van der Waals surface area contributed by atoms with Gasteiger partial charge in [-0.15, -0.1) is 0 Å². The molecule has 0 aliphatic rings. The van der Waals surface area contributed by atoms with Crippen LogP contribution in [-0.4, -0.2) is 16.5 Å². The molecule has 0 saturated heterocycles. The van der Waals surface area contributed by atoms with Crippen molar-refractivity contribution in [2.75, 3.05) is 0 Å². The molecule has 3 nitrogen and oxygen atoms in total. The Kier molecular flexibility index (Phi) is 3.18. The summed E-state index contributed by atoms with van der Waals surface area (Å²) in [6, 6.07) is 4.26. The van der Waals surface area contributed by atoms with Crippen LogP contribution in [0.3, 0.4) is 0 Å². The summed E-state index contributed by atoms with van der Waals surface area (Å²) < 4.78 is 37.5. The van der Waals surface area contributed by atoms with E-state index in [-0.39, 0.29) is 5.69 Å². The highest BCUT2D eigenvalue weighted by Gasteiger charge is 2.33. The van der Waals surface area contributed by atoms with Gasteiger partial charge in [-0.2, -0.15) is 18.3 Å². The zero-order valence-corrected chi connectivity index (χ0v) is 10.3. The van der Waals surface area contributed by atoms with Gasteiger partial charge in [0.05, 0.1) is 5.69 Å². The lowest BCUT2D eigenvalue weighted by molar-refractivity contribution is -0.141. The summed E-state index contributed by atoms with van der Waals surface area (Å²) in [6.07, 6.45) is -3.73. The maximum absolute atomic E-state index is 12.5. The van der Waals surface area contributed by atoms with E-state index in [9.17, 15) is 18.0 Å². The highest BCUT2D eigenvalue weighted by atomic mass is 19.4. The zero-order valence-electron chi connectivity index (χ0n) is 10.3. The number of aromatic nitrogens is 2. The Labute approximate surface area is 107 Å². The van der Waals surface area contributed by atoms with Crippen LogP contribution in [0.5, 0.6) is 0 Å². The zero-order chi connectivity index (χ0) is 14.2. The Hall–Kier alpha value is -2.11. The van der Waals surface area contributed by atoms with Gasteiger partial charge in [-0.1, -0.05) is 0 Å². The summed E-state index contributed by atoms with van der Waals surface area (Å²) in [5, 5.41) is 5.65. The maximum Gasteiger partial charge on any atom is 0.432 e. The van der Waals surface area contributed by atoms with Gasteiger partial charge in [-0.3, -0.25) is 9.89 Å². The predicted molar refractivity (Wildman–Crippen MR) is 63.9 cm³/mol. The Bertz CT molecular complexity index is 629. The summed E-state index contributed by atoms with van der Waals surface area (Å²) in [5.41, 5.74) is 1.83. The van der Waals surface area contributed by atoms with Gasteiger partial charge in [-0.05, 0) is 43.2 Å². The summed E-state index contributed by atoms with van der Waals surface area (Å²) >= 11 is 0. The lowest BCUT2D eigenvalue weighted by atomic mass is 9.98. The van der Waals surface area contributed by atoms with Crippen LogP contribution in [0, 0.1) is 13.8 Å². The first-order chi connectivity index (χ1) is 8.82. The number of aromatic amines is 1. The van der Waals surface area contributed by atoms with Crippen molar-refractivity contribution in [3.05, 3.63) is 40.6 Å². The number of alkyl halides is 3. The molecule has 100 valence electrons. The molecule has 1 aromatic heterocycles. The SMILES string of the molecule is Cc1cc(-c2cc(C(F)(F)F)[nH]n2)c(C)cc1C=O. The molecule has 0 amide bonds. The summed E-state index contributed by atoms with van der Waals surface area (Å²) in [6.45, 7) is 3.45. The number of hydrogen-bond donors (Lipinski definition) is 1. The second-order valence-corrected chi connectivity index (χ2v) is 4.31. The Morgan fingerprint density at radius 1 is 1.16 bits per heavy atom. The van der Waals surface area contributed by atoms with Crippen molar-refractivity contribution < 1.29 is 18.0 Å². The number of nitrogens with zero attached hydrogens (tertiary/aromatic N) is 1. The molecule has 2 rings (SSSR count). The Morgan fingerprint density at radius 3 is 2.37 bits per heavy atom. The largest absolute Gasteiger partial charge is 0.432 e. The van der Waals surface area contributed by atoms with Crippen LogP contribution in [-0.2, 0) is 6.18 Å². The van der Waals surface area contributed by atoms with E-state index in [0.29, 0.717) is 22.3 Å². The number of benzene rings is 1. The number of aldehydes is 1. The first kappa shape index (κ1) is 13.3. The lowest BCUT2D eigenvalue weighted by Gasteiger charge is -2.06. The van der Waals surface area contributed by atoms with Crippen LogP contribution in [0.2, 0.25) is 0 Å². The number of carbonyl (C=O) groups is 1. The fourth-order valence-electron chi connectivity index (χ4n) is 1.85. The standard InChI is InChI=1S/C13H11F3N2O/c1-7-4-10(8(2)3-9(7)6-19)11-5-12(18-17-11)13(14,15)16/h3-6H,1-2H3,(H,17,18). The second kappa shape index (κ2) is 4.53. The van der Waals surface area contributed by atoms with E-state index in [1.165, 1.54) is 0 Å². The quantitative estimate of drug-likeness (QED) is 0.847. The summed E-state index contributed by atoms with van der Waals surface area (Å²) in [7, 11) is 0. The predicted octanol–water partition coefficient (Wildman–Crippen LogP) is 3.52. The van der Waals surface area contributed by atoms with Crippen molar-refractivity contribution in [3.8, 4) is 11.3 Å². The van der Waals surface area contributed by atoms with Crippen LogP contribution in [0.25, 0.3) is 11.3 Å². The van der Waals surface area contributed by atoms with Crippen LogP contribution in [0.1, 0.15) is 27.2 Å². The lowest BCUT2D eigenvalue weighted by Crippen LogP contribution is -2.04. The van der Waals surface area contributed by atoms with Gasteiger partial charge >= 0.3 is 6.18 Å². The van der Waals surface area contributed by atoms with E-state index >= 15 is 0 Å². The van der Waals surface area contributed by atoms with Crippen molar-refractivity contribution in [1.29, 1.82) is 0 Å². The van der Waals surface area contributed by atoms with Gasteiger partial charge in [-0.25, -0.2) is 0 Å². The monoisotopic (exact) mass is 268 g/mol. The molecule has 1 N–H and O–H groups in total. The smallest absolute Gasteiger partial charge is 0.298 e. The Balaban J connectivity index is 2.51. The van der Waals surface area contributed by atoms with E-state index in [1.807, 2.05) is 5.10 Å². The molecular weight excluding hydrogens is 257 g/mol. The molecule has 0 atom stereocenters. The average Bonchev–Trinajstić information content (AvgIpc) is 2.80. The molecule has 0 radical (unpaired) electrons. The molecule has 1 heterocycles. The summed E-state index contributed by atoms with van der Waals surface area (Å²) in [5.74, 6) is 0. The topological polar surface area (TPSA) is 45.8 Å². The number of carbonyl (C=O) groups excluding carboxylic acids is 1. The molecule has 0 fully saturated rings. The van der Waals surface area contributed by atoms with Crippen molar-refractivity contribution in [2.45, 2.75) is 20.0 Å². The van der Waals surface area contributed by atoms with Crippen molar-refractivity contribution in [1.82, 2.24) is 10.2 Å². The van der Waals surface area contributed by atoms with Crippen molar-refractivity contribution in [3.63, 3.8) is 0 Å². The molecular formula is C13H11F3N2O. The van der Waals surface area contributed by atoms with Gasteiger partial charge in [0, 0.05) is 11.1 Å². The van der Waals surface area contributed by atoms with Crippen molar-refractivity contribution in [2.24, 2.45) is 0 Å². The minimum absolute atomic E-state index is 0.213. The van der Waals surface area contributed by atoms with E-state index < -0.39 is 11.9 Å². The first-order valence-corrected chi connectivity index (χ1v) is 5.52. The number of hydrogen-bond acceptors (Lipinski definition) is 2. The third-order valence-electron chi connectivity index (χ3n) is 2.90. The third kappa shape index (κ3) is 2.52. The van der Waals surface area contributed by atoms with Crippen LogP contribution in [0.15, 0.2) is 18.2 Å². The molecule has 0 spiro atoms. The number of rotatable bonds is 2. The van der Waals surface area contributed by atoms with E-state index in [2.05, 4.69) is 5.10 Å². The van der Waals surface area contributed by atoms with Crippen LogP contribution < -0.4 is 0 Å². The minimum atomic E-state index is -4.45. The molecule has 0 unspecified atom stereocenters. The van der Waals surface area contributed by atoms with Crippen LogP contribution >= 0.6 is 0 Å². The second-order valence-electron chi connectivity index (χ2n) is 4.31. The number of H-pyrrole nitrogens is 1. The molecule has 19 heavy (non-hydrogen) atoms. The highest BCUT2D eigenvalue weighted by Crippen LogP contribution is 2.31. The van der Waals surface area contributed by atoms with Gasteiger partial charge in [0.1, 0.15) is 12.0 Å². The summed E-state index contributed by atoms with van der Waals surface area (Å²) in [4.78, 5) is 10.8. The van der Waals surface area contributed by atoms with Gasteiger partial charge in [0.2, 0.25) is 0 Å². The molecule has 0 aliphatic heterocycles. The maximum atomic E-state index is 12.5. The van der Waals surface area contributed by atoms with Gasteiger partial charge < -0.3 is 0 Å². The average molecular weight is 268 g/mol. The minimum Gasteiger partial charge on any atom is -0.298 e. The fraction of sp³-hybridized carbons (Fsp3) is 0.231. The number of aryl methyl sites for hydroxylation is 2. The Morgan fingerprint density at radius 2 is 1.84 bits per heavy atom. The third-order valence-corrected chi connectivity index (χ3v) is 2.90. The van der Waals surface area contributed by atoms with E-state index in [4.69, 9.17) is 0 Å². The van der Waals surface area contributed by atoms with E-state index in [1.54, 1.807) is 26.0 Å². The van der Waals surface area contributed by atoms with Crippen LogP contribution in [0.4, 0.5) is 13.2 Å².